The Morgan fingerprint density at radius 3 is 2.71 bits per heavy atom. The molecule has 0 spiro atoms. The molecular formula is C17H29N3O4. The number of unbranched alkanes of at least 4 members (excludes halogenated alkanes) is 3. The molecule has 7 heteroatoms. The molecule has 1 fully saturated rings. The van der Waals surface area contributed by atoms with E-state index in [0.29, 0.717) is 13.0 Å². The highest BCUT2D eigenvalue weighted by atomic mass is 16.4. The van der Waals surface area contributed by atoms with Crippen LogP contribution in [0.4, 0.5) is 0 Å². The normalized spacial score (nSPS) is 18.8. The second kappa shape index (κ2) is 10.8. The number of nitrogens with zero attached hydrogens (tertiary/aromatic N) is 1. The maximum Gasteiger partial charge on any atom is 0.326 e. The average molecular weight is 339 g/mol. The second-order valence-corrected chi connectivity index (χ2v) is 6.05. The fourth-order valence-corrected chi connectivity index (χ4v) is 2.81. The zero-order chi connectivity index (χ0) is 17.9. The van der Waals surface area contributed by atoms with E-state index in [0.717, 1.165) is 32.1 Å². The molecule has 1 saturated heterocycles. The predicted octanol–water partition coefficient (Wildman–Crippen LogP) is 1.03. The maximum atomic E-state index is 12.3. The molecule has 2 amide bonds. The summed E-state index contributed by atoms with van der Waals surface area (Å²) < 4.78 is 0. The van der Waals surface area contributed by atoms with Gasteiger partial charge in [-0.05, 0) is 32.1 Å². The van der Waals surface area contributed by atoms with Crippen molar-refractivity contribution in [1.29, 1.82) is 0 Å². The summed E-state index contributed by atoms with van der Waals surface area (Å²) in [4.78, 5) is 36.8. The summed E-state index contributed by atoms with van der Waals surface area (Å²) in [6.07, 6.45) is 9.53. The van der Waals surface area contributed by atoms with Crippen molar-refractivity contribution in [1.82, 2.24) is 10.2 Å². The minimum Gasteiger partial charge on any atom is -0.480 e. The summed E-state index contributed by atoms with van der Waals surface area (Å²) in [5.74, 6) is -1.77. The first-order chi connectivity index (χ1) is 11.5. The summed E-state index contributed by atoms with van der Waals surface area (Å²) >= 11 is 0. The van der Waals surface area contributed by atoms with Crippen LogP contribution < -0.4 is 11.1 Å². The van der Waals surface area contributed by atoms with E-state index in [4.69, 9.17) is 5.73 Å². The molecule has 0 aromatic heterocycles. The number of likely N-dealkylation sites (tertiary alicyclic amines) is 1. The summed E-state index contributed by atoms with van der Waals surface area (Å²) in [5.41, 5.74) is 5.35. The molecule has 136 valence electrons. The molecule has 0 bridgehead atoms. The highest BCUT2D eigenvalue weighted by Crippen LogP contribution is 2.17. The molecule has 1 aliphatic heterocycles. The van der Waals surface area contributed by atoms with Gasteiger partial charge >= 0.3 is 5.97 Å². The van der Waals surface area contributed by atoms with Crippen LogP contribution in [-0.4, -0.2) is 53.0 Å². The highest BCUT2D eigenvalue weighted by molar-refractivity contribution is 5.91. The lowest BCUT2D eigenvalue weighted by atomic mass is 10.1. The minimum absolute atomic E-state index is 0.146. The molecule has 1 aliphatic rings. The molecule has 0 saturated carbocycles. The van der Waals surface area contributed by atoms with Crippen LogP contribution in [-0.2, 0) is 14.4 Å². The Hall–Kier alpha value is -1.89. The van der Waals surface area contributed by atoms with E-state index in [-0.39, 0.29) is 18.9 Å². The lowest BCUT2D eigenvalue weighted by Crippen LogP contribution is -2.51. The summed E-state index contributed by atoms with van der Waals surface area (Å²) in [5, 5.41) is 11.8. The molecule has 0 radical (unpaired) electrons. The van der Waals surface area contributed by atoms with Crippen LogP contribution in [0.1, 0.15) is 51.9 Å². The van der Waals surface area contributed by atoms with Crippen LogP contribution in [0, 0.1) is 0 Å². The van der Waals surface area contributed by atoms with E-state index >= 15 is 0 Å². The van der Waals surface area contributed by atoms with Crippen molar-refractivity contribution in [2.45, 2.75) is 64.0 Å². The van der Waals surface area contributed by atoms with E-state index in [9.17, 15) is 19.5 Å². The zero-order valence-corrected chi connectivity index (χ0v) is 14.4. The van der Waals surface area contributed by atoms with E-state index < -0.39 is 24.0 Å². The molecule has 4 N–H and O–H groups in total. The lowest BCUT2D eigenvalue weighted by molar-refractivity contribution is -0.143. The van der Waals surface area contributed by atoms with E-state index in [2.05, 4.69) is 12.2 Å². The van der Waals surface area contributed by atoms with Crippen LogP contribution in [0.15, 0.2) is 12.2 Å². The lowest BCUT2D eigenvalue weighted by Gasteiger charge is -2.24. The average Bonchev–Trinajstić information content (AvgIpc) is 3.05. The third kappa shape index (κ3) is 6.31. The van der Waals surface area contributed by atoms with Crippen LogP contribution in [0.5, 0.6) is 0 Å². The number of allylic oxidation sites excluding steroid dienone is 1. The molecule has 2 unspecified atom stereocenters. The van der Waals surface area contributed by atoms with Crippen molar-refractivity contribution in [3.05, 3.63) is 12.2 Å². The monoisotopic (exact) mass is 339 g/mol. The number of carboxylic acid groups (broad SMARTS) is 1. The van der Waals surface area contributed by atoms with Crippen molar-refractivity contribution in [3.8, 4) is 0 Å². The molecule has 0 aromatic rings. The van der Waals surface area contributed by atoms with Crippen LogP contribution in [0.25, 0.3) is 0 Å². The Labute approximate surface area is 143 Å². The number of aliphatic carboxylic acids is 1. The van der Waals surface area contributed by atoms with Gasteiger partial charge in [0.25, 0.3) is 0 Å². The molecule has 1 heterocycles. The van der Waals surface area contributed by atoms with Crippen molar-refractivity contribution in [3.63, 3.8) is 0 Å². The Balaban J connectivity index is 2.53. The first-order valence-corrected chi connectivity index (χ1v) is 8.69. The number of carbonyl (C=O) groups is 3. The number of hydrogen-bond acceptors (Lipinski definition) is 4. The first kappa shape index (κ1) is 20.2. The van der Waals surface area contributed by atoms with Crippen LogP contribution in [0.2, 0.25) is 0 Å². The first-order valence-electron chi connectivity index (χ1n) is 8.69. The van der Waals surface area contributed by atoms with Gasteiger partial charge < -0.3 is 21.1 Å². The van der Waals surface area contributed by atoms with Gasteiger partial charge in [0.1, 0.15) is 12.1 Å². The van der Waals surface area contributed by atoms with Gasteiger partial charge in [-0.1, -0.05) is 31.9 Å². The number of nitrogens with two attached hydrogens (primary N) is 1. The predicted molar refractivity (Wildman–Crippen MR) is 91.3 cm³/mol. The van der Waals surface area contributed by atoms with Gasteiger partial charge in [0.05, 0.1) is 6.54 Å². The van der Waals surface area contributed by atoms with Gasteiger partial charge in [-0.2, -0.15) is 0 Å². The van der Waals surface area contributed by atoms with Crippen molar-refractivity contribution in [2.75, 3.05) is 13.1 Å². The van der Waals surface area contributed by atoms with Gasteiger partial charge in [0, 0.05) is 6.54 Å². The van der Waals surface area contributed by atoms with E-state index in [1.165, 1.54) is 4.90 Å². The largest absolute Gasteiger partial charge is 0.480 e. The molecule has 0 aliphatic carbocycles. The van der Waals surface area contributed by atoms with E-state index in [1.807, 2.05) is 6.08 Å². The van der Waals surface area contributed by atoms with Crippen molar-refractivity contribution >= 4 is 17.8 Å². The second-order valence-electron chi connectivity index (χ2n) is 6.05. The SMILES string of the molecule is CCCCC/C=C\CC(NC(=O)C1CCCN1C(=O)CN)C(=O)O. The highest BCUT2D eigenvalue weighted by Gasteiger charge is 2.34. The third-order valence-corrected chi connectivity index (χ3v) is 4.18. The van der Waals surface area contributed by atoms with Gasteiger partial charge in [-0.25, -0.2) is 4.79 Å². The maximum absolute atomic E-state index is 12.3. The number of nitrogens with one attached hydrogen (secondary N) is 1. The summed E-state index contributed by atoms with van der Waals surface area (Å²) in [6.45, 7) is 2.47. The molecule has 0 aromatic carbocycles. The summed E-state index contributed by atoms with van der Waals surface area (Å²) in [6, 6.07) is -1.59. The molecule has 2 atom stereocenters. The van der Waals surface area contributed by atoms with Gasteiger partial charge in [0.15, 0.2) is 0 Å². The molecular weight excluding hydrogens is 310 g/mol. The standard InChI is InChI=1S/C17H29N3O4/c1-2-3-4-5-6-7-9-13(17(23)24)19-16(22)14-10-8-11-20(14)15(21)12-18/h6-7,13-14H,2-5,8-12,18H2,1H3,(H,19,22)(H,23,24)/b7-6-. The minimum atomic E-state index is -1.07. The molecule has 24 heavy (non-hydrogen) atoms. The number of hydrogen-bond donors (Lipinski definition) is 3. The molecule has 1 rings (SSSR count). The fraction of sp³-hybridized carbons (Fsp3) is 0.706. The summed E-state index contributed by atoms with van der Waals surface area (Å²) in [7, 11) is 0. The quantitative estimate of drug-likeness (QED) is 0.406. The van der Waals surface area contributed by atoms with Crippen molar-refractivity contribution < 1.29 is 19.5 Å². The van der Waals surface area contributed by atoms with Crippen molar-refractivity contribution in [2.24, 2.45) is 5.73 Å². The third-order valence-electron chi connectivity index (χ3n) is 4.18. The topological polar surface area (TPSA) is 113 Å². The zero-order valence-electron chi connectivity index (χ0n) is 14.4. The van der Waals surface area contributed by atoms with Crippen LogP contribution in [0.3, 0.4) is 0 Å². The van der Waals surface area contributed by atoms with Crippen LogP contribution >= 0.6 is 0 Å². The smallest absolute Gasteiger partial charge is 0.326 e. The number of amides is 2. The van der Waals surface area contributed by atoms with Gasteiger partial charge in [0.2, 0.25) is 11.8 Å². The Morgan fingerprint density at radius 2 is 2.08 bits per heavy atom. The Morgan fingerprint density at radius 1 is 1.33 bits per heavy atom. The number of carboxylic acids is 1. The molecule has 7 nitrogen and oxygen atoms in total. The van der Waals surface area contributed by atoms with E-state index in [1.54, 1.807) is 6.08 Å². The Kier molecular flexibility index (Phi) is 9.07. The Bertz CT molecular complexity index is 465. The number of rotatable bonds is 10. The van der Waals surface area contributed by atoms with Gasteiger partial charge in [-0.15, -0.1) is 0 Å². The van der Waals surface area contributed by atoms with Gasteiger partial charge in [-0.3, -0.25) is 9.59 Å². The number of carbonyl (C=O) groups excluding carboxylic acids is 2. The fourth-order valence-electron chi connectivity index (χ4n) is 2.81.